The van der Waals surface area contributed by atoms with Crippen molar-refractivity contribution in [1.82, 2.24) is 10.2 Å². The van der Waals surface area contributed by atoms with E-state index in [2.05, 4.69) is 38.2 Å². The fourth-order valence-electron chi connectivity index (χ4n) is 2.92. The van der Waals surface area contributed by atoms with E-state index in [0.717, 1.165) is 19.5 Å². The van der Waals surface area contributed by atoms with Crippen molar-refractivity contribution in [2.45, 2.75) is 40.0 Å². The lowest BCUT2D eigenvalue weighted by molar-refractivity contribution is -0.128. The van der Waals surface area contributed by atoms with E-state index in [-0.39, 0.29) is 23.1 Å². The van der Waals surface area contributed by atoms with Gasteiger partial charge in [0.25, 0.3) is 0 Å². The molecule has 0 bridgehead atoms. The second-order valence-corrected chi connectivity index (χ2v) is 7.69. The van der Waals surface area contributed by atoms with E-state index < -0.39 is 0 Å². The number of carbonyl (C=O) groups excluding carboxylic acids is 2. The number of likely N-dealkylation sites (tertiary alicyclic amines) is 1. The summed E-state index contributed by atoms with van der Waals surface area (Å²) in [6.07, 6.45) is 1.95. The minimum absolute atomic E-state index is 0.00268. The van der Waals surface area contributed by atoms with Gasteiger partial charge in [0.1, 0.15) is 0 Å². The molecule has 1 aliphatic rings. The van der Waals surface area contributed by atoms with Crippen LogP contribution < -0.4 is 5.32 Å². The third-order valence-electron chi connectivity index (χ3n) is 4.09. The van der Waals surface area contributed by atoms with Gasteiger partial charge in [0.05, 0.1) is 0 Å². The first kappa shape index (κ1) is 17.5. The first-order valence-electron chi connectivity index (χ1n) is 8.42. The fourth-order valence-corrected chi connectivity index (χ4v) is 2.92. The molecule has 0 aliphatic carbocycles. The van der Waals surface area contributed by atoms with Crippen molar-refractivity contribution in [3.05, 3.63) is 35.9 Å². The van der Waals surface area contributed by atoms with Gasteiger partial charge in [0.2, 0.25) is 11.8 Å². The molecular formula is C19H28N2O2. The van der Waals surface area contributed by atoms with Crippen LogP contribution in [-0.4, -0.2) is 36.3 Å². The molecule has 1 N–H and O–H groups in total. The Labute approximate surface area is 139 Å². The van der Waals surface area contributed by atoms with Crippen molar-refractivity contribution in [2.24, 2.45) is 11.3 Å². The SMILES string of the molecule is CC(C)(C)CC(=O)NCC1CC(=O)N(CCc2ccccc2)C1. The van der Waals surface area contributed by atoms with Gasteiger partial charge in [-0.05, 0) is 17.4 Å². The number of carbonyl (C=O) groups is 2. The van der Waals surface area contributed by atoms with E-state index in [9.17, 15) is 9.59 Å². The molecule has 1 aromatic rings. The molecule has 4 nitrogen and oxygen atoms in total. The van der Waals surface area contributed by atoms with Gasteiger partial charge in [0.15, 0.2) is 0 Å². The Balaban J connectivity index is 1.73. The number of hydrogen-bond acceptors (Lipinski definition) is 2. The van der Waals surface area contributed by atoms with E-state index in [1.54, 1.807) is 0 Å². The highest BCUT2D eigenvalue weighted by molar-refractivity contribution is 5.79. The number of nitrogens with one attached hydrogen (secondary N) is 1. The van der Waals surface area contributed by atoms with Crippen LogP contribution in [0.4, 0.5) is 0 Å². The first-order chi connectivity index (χ1) is 10.8. The molecule has 1 atom stereocenters. The highest BCUT2D eigenvalue weighted by Gasteiger charge is 2.29. The average Bonchev–Trinajstić information content (AvgIpc) is 2.83. The molecule has 0 aromatic heterocycles. The quantitative estimate of drug-likeness (QED) is 0.877. The zero-order chi connectivity index (χ0) is 16.9. The van der Waals surface area contributed by atoms with Crippen molar-refractivity contribution in [2.75, 3.05) is 19.6 Å². The van der Waals surface area contributed by atoms with Crippen LogP contribution in [0.2, 0.25) is 0 Å². The summed E-state index contributed by atoms with van der Waals surface area (Å²) < 4.78 is 0. The second kappa shape index (κ2) is 7.62. The lowest BCUT2D eigenvalue weighted by atomic mass is 9.92. The van der Waals surface area contributed by atoms with Gasteiger partial charge in [-0.3, -0.25) is 9.59 Å². The molecule has 1 unspecified atom stereocenters. The van der Waals surface area contributed by atoms with Crippen molar-refractivity contribution in [1.29, 1.82) is 0 Å². The van der Waals surface area contributed by atoms with Crippen LogP contribution in [0.5, 0.6) is 0 Å². The maximum absolute atomic E-state index is 12.1. The van der Waals surface area contributed by atoms with E-state index in [1.165, 1.54) is 5.56 Å². The highest BCUT2D eigenvalue weighted by atomic mass is 16.2. The Morgan fingerprint density at radius 1 is 1.26 bits per heavy atom. The topological polar surface area (TPSA) is 49.4 Å². The number of nitrogens with zero attached hydrogens (tertiary/aromatic N) is 1. The average molecular weight is 316 g/mol. The van der Waals surface area contributed by atoms with Crippen LogP contribution >= 0.6 is 0 Å². The Bertz CT molecular complexity index is 534. The molecule has 1 aromatic carbocycles. The smallest absolute Gasteiger partial charge is 0.223 e. The molecule has 2 amide bonds. The number of amides is 2. The van der Waals surface area contributed by atoms with Crippen molar-refractivity contribution in [3.63, 3.8) is 0 Å². The molecule has 1 aliphatic heterocycles. The maximum Gasteiger partial charge on any atom is 0.223 e. The molecule has 4 heteroatoms. The fraction of sp³-hybridized carbons (Fsp3) is 0.579. The lowest BCUT2D eigenvalue weighted by Crippen LogP contribution is -2.33. The summed E-state index contributed by atoms with van der Waals surface area (Å²) in [6.45, 7) is 8.27. The summed E-state index contributed by atoms with van der Waals surface area (Å²) in [5.74, 6) is 0.519. The third kappa shape index (κ3) is 6.05. The van der Waals surface area contributed by atoms with E-state index >= 15 is 0 Å². The summed E-state index contributed by atoms with van der Waals surface area (Å²) >= 11 is 0. The summed E-state index contributed by atoms with van der Waals surface area (Å²) in [5, 5.41) is 2.98. The van der Waals surface area contributed by atoms with Crippen LogP contribution in [0.3, 0.4) is 0 Å². The van der Waals surface area contributed by atoms with Gasteiger partial charge in [-0.1, -0.05) is 51.1 Å². The van der Waals surface area contributed by atoms with Crippen molar-refractivity contribution in [3.8, 4) is 0 Å². The summed E-state index contributed by atoms with van der Waals surface area (Å²) in [6, 6.07) is 10.2. The zero-order valence-electron chi connectivity index (χ0n) is 14.5. The number of benzene rings is 1. The minimum atomic E-state index is -0.00268. The summed E-state index contributed by atoms with van der Waals surface area (Å²) in [7, 11) is 0. The number of hydrogen-bond donors (Lipinski definition) is 1. The maximum atomic E-state index is 12.1. The minimum Gasteiger partial charge on any atom is -0.356 e. The van der Waals surface area contributed by atoms with Crippen LogP contribution in [0.25, 0.3) is 0 Å². The van der Waals surface area contributed by atoms with Crippen LogP contribution in [0.1, 0.15) is 39.2 Å². The van der Waals surface area contributed by atoms with Gasteiger partial charge < -0.3 is 10.2 Å². The largest absolute Gasteiger partial charge is 0.356 e. The summed E-state index contributed by atoms with van der Waals surface area (Å²) in [4.78, 5) is 25.9. The molecule has 1 saturated heterocycles. The molecule has 126 valence electrons. The molecule has 1 fully saturated rings. The van der Waals surface area contributed by atoms with Crippen molar-refractivity contribution >= 4 is 11.8 Å². The van der Waals surface area contributed by atoms with Gasteiger partial charge in [-0.15, -0.1) is 0 Å². The first-order valence-corrected chi connectivity index (χ1v) is 8.42. The number of rotatable bonds is 6. The van der Waals surface area contributed by atoms with Crippen LogP contribution in [0, 0.1) is 11.3 Å². The van der Waals surface area contributed by atoms with E-state index in [4.69, 9.17) is 0 Å². The predicted molar refractivity (Wildman–Crippen MR) is 91.9 cm³/mol. The molecular weight excluding hydrogens is 288 g/mol. The molecule has 0 radical (unpaired) electrons. The third-order valence-corrected chi connectivity index (χ3v) is 4.09. The molecule has 2 rings (SSSR count). The Hall–Kier alpha value is -1.84. The van der Waals surface area contributed by atoms with E-state index in [0.29, 0.717) is 19.4 Å². The zero-order valence-corrected chi connectivity index (χ0v) is 14.5. The predicted octanol–water partition coefficient (Wildman–Crippen LogP) is 2.63. The highest BCUT2D eigenvalue weighted by Crippen LogP contribution is 2.20. The molecule has 0 spiro atoms. The van der Waals surface area contributed by atoms with Gasteiger partial charge in [-0.2, -0.15) is 0 Å². The molecule has 1 heterocycles. The normalized spacial score (nSPS) is 18.3. The Morgan fingerprint density at radius 2 is 1.96 bits per heavy atom. The molecule has 0 saturated carbocycles. The van der Waals surface area contributed by atoms with Gasteiger partial charge in [-0.25, -0.2) is 0 Å². The monoisotopic (exact) mass is 316 g/mol. The molecule has 23 heavy (non-hydrogen) atoms. The van der Waals surface area contributed by atoms with Crippen LogP contribution in [-0.2, 0) is 16.0 Å². The summed E-state index contributed by atoms with van der Waals surface area (Å²) in [5.41, 5.74) is 1.25. The Morgan fingerprint density at radius 3 is 2.61 bits per heavy atom. The van der Waals surface area contributed by atoms with E-state index in [1.807, 2.05) is 23.1 Å². The lowest BCUT2D eigenvalue weighted by Gasteiger charge is -2.19. The standard InChI is InChI=1S/C19H28N2O2/c1-19(2,3)12-17(22)20-13-16-11-18(23)21(14-16)10-9-15-7-5-4-6-8-15/h4-8,16H,9-14H2,1-3H3,(H,20,22). The second-order valence-electron chi connectivity index (χ2n) is 7.69. The van der Waals surface area contributed by atoms with Gasteiger partial charge in [0, 0.05) is 38.4 Å². The van der Waals surface area contributed by atoms with Gasteiger partial charge >= 0.3 is 0 Å². The van der Waals surface area contributed by atoms with Crippen molar-refractivity contribution < 1.29 is 9.59 Å². The van der Waals surface area contributed by atoms with Crippen LogP contribution in [0.15, 0.2) is 30.3 Å². The Kier molecular flexibility index (Phi) is 5.80.